The van der Waals surface area contributed by atoms with Crippen molar-refractivity contribution in [1.82, 2.24) is 5.32 Å². The van der Waals surface area contributed by atoms with Crippen LogP contribution in [0.5, 0.6) is 5.75 Å². The lowest BCUT2D eigenvalue weighted by molar-refractivity contribution is -1.01. The van der Waals surface area contributed by atoms with E-state index in [1.165, 1.54) is 4.90 Å². The summed E-state index contributed by atoms with van der Waals surface area (Å²) in [6.07, 6.45) is 0. The van der Waals surface area contributed by atoms with Gasteiger partial charge in [-0.1, -0.05) is 41.9 Å². The van der Waals surface area contributed by atoms with Gasteiger partial charge in [-0.2, -0.15) is 0 Å². The van der Waals surface area contributed by atoms with Crippen molar-refractivity contribution in [1.29, 1.82) is 0 Å². The summed E-state index contributed by atoms with van der Waals surface area (Å²) in [5.74, 6) is 1.04. The molecule has 0 saturated carbocycles. The van der Waals surface area contributed by atoms with Gasteiger partial charge in [-0.15, -0.1) is 0 Å². The summed E-state index contributed by atoms with van der Waals surface area (Å²) in [4.78, 5) is 15.1. The van der Waals surface area contributed by atoms with Gasteiger partial charge < -0.3 is 19.9 Å². The highest BCUT2D eigenvalue weighted by atomic mass is 35.5. The fraction of sp³-hybridized carbons (Fsp3) is 0.381. The van der Waals surface area contributed by atoms with Crippen molar-refractivity contribution in [3.8, 4) is 5.75 Å². The van der Waals surface area contributed by atoms with E-state index in [9.17, 15) is 4.79 Å². The topological polar surface area (TPSA) is 47.2 Å². The van der Waals surface area contributed by atoms with Gasteiger partial charge in [0.25, 0.3) is 5.91 Å². The maximum Gasteiger partial charge on any atom is 0.275 e. The molecule has 0 unspecified atom stereocenters. The molecule has 144 valence electrons. The molecule has 0 spiro atoms. The van der Waals surface area contributed by atoms with E-state index in [0.29, 0.717) is 18.1 Å². The molecule has 3 N–H and O–H groups in total. The molecule has 1 heterocycles. The summed E-state index contributed by atoms with van der Waals surface area (Å²) in [7, 11) is 0. The minimum Gasteiger partial charge on any atom is -0.488 e. The van der Waals surface area contributed by atoms with Crippen LogP contribution in [0.2, 0.25) is 5.02 Å². The largest absolute Gasteiger partial charge is 0.488 e. The van der Waals surface area contributed by atoms with Crippen molar-refractivity contribution < 1.29 is 19.3 Å². The molecular formula is C21H28ClN3O2+2. The van der Waals surface area contributed by atoms with E-state index in [1.54, 1.807) is 4.90 Å². The number of carbonyl (C=O) groups is 1. The number of quaternary nitrogens is 2. The Kier molecular flexibility index (Phi) is 7.51. The van der Waals surface area contributed by atoms with Gasteiger partial charge in [-0.25, -0.2) is 0 Å². The van der Waals surface area contributed by atoms with Crippen LogP contribution >= 0.6 is 11.6 Å². The van der Waals surface area contributed by atoms with Crippen LogP contribution in [0.3, 0.4) is 0 Å². The van der Waals surface area contributed by atoms with E-state index < -0.39 is 0 Å². The summed E-state index contributed by atoms with van der Waals surface area (Å²) in [6.45, 7) is 7.04. The standard InChI is InChI=1S/C21H26ClN3O2/c22-19-8-6-18(7-9-19)16-23-21(26)17-25-12-10-24(11-13-25)14-15-27-20-4-2-1-3-5-20/h1-9H,10-17H2,(H,23,26)/p+2. The monoisotopic (exact) mass is 389 g/mol. The number of ether oxygens (including phenoxy) is 1. The summed E-state index contributed by atoms with van der Waals surface area (Å²) < 4.78 is 5.78. The number of hydrogen-bond acceptors (Lipinski definition) is 2. The molecule has 0 radical (unpaired) electrons. The van der Waals surface area contributed by atoms with Crippen LogP contribution in [-0.4, -0.2) is 51.8 Å². The molecule has 1 fully saturated rings. The lowest BCUT2D eigenvalue weighted by Crippen LogP contribution is -3.28. The molecule has 0 atom stereocenters. The number of halogens is 1. The Morgan fingerprint density at radius 1 is 0.963 bits per heavy atom. The predicted molar refractivity (Wildman–Crippen MR) is 106 cm³/mol. The number of para-hydroxylation sites is 1. The summed E-state index contributed by atoms with van der Waals surface area (Å²) in [5, 5.41) is 3.71. The first-order chi connectivity index (χ1) is 13.2. The Morgan fingerprint density at radius 2 is 1.63 bits per heavy atom. The molecule has 5 nitrogen and oxygen atoms in total. The van der Waals surface area contributed by atoms with Crippen molar-refractivity contribution in [3.63, 3.8) is 0 Å². The lowest BCUT2D eigenvalue weighted by atomic mass is 10.2. The van der Waals surface area contributed by atoms with Gasteiger partial charge >= 0.3 is 0 Å². The molecule has 0 bridgehead atoms. The van der Waals surface area contributed by atoms with Crippen LogP contribution < -0.4 is 19.9 Å². The van der Waals surface area contributed by atoms with E-state index >= 15 is 0 Å². The van der Waals surface area contributed by atoms with Gasteiger partial charge in [-0.3, -0.25) is 4.79 Å². The molecule has 0 aromatic heterocycles. The normalized spacial score (nSPS) is 19.4. The SMILES string of the molecule is O=C(C[NH+]1CC[NH+](CCOc2ccccc2)CC1)NCc1ccc(Cl)cc1. The first kappa shape index (κ1) is 19.7. The molecule has 27 heavy (non-hydrogen) atoms. The first-order valence-electron chi connectivity index (χ1n) is 9.55. The molecule has 3 rings (SSSR count). The van der Waals surface area contributed by atoms with E-state index in [4.69, 9.17) is 16.3 Å². The highest BCUT2D eigenvalue weighted by molar-refractivity contribution is 6.30. The van der Waals surface area contributed by atoms with Gasteiger partial charge in [-0.05, 0) is 29.8 Å². The summed E-state index contributed by atoms with van der Waals surface area (Å²) >= 11 is 5.88. The predicted octanol–water partition coefficient (Wildman–Crippen LogP) is -0.181. The fourth-order valence-electron chi connectivity index (χ4n) is 3.31. The van der Waals surface area contributed by atoms with Crippen LogP contribution in [-0.2, 0) is 11.3 Å². The molecule has 2 aromatic carbocycles. The molecular weight excluding hydrogens is 362 g/mol. The van der Waals surface area contributed by atoms with Crippen LogP contribution in [0.15, 0.2) is 54.6 Å². The van der Waals surface area contributed by atoms with Crippen LogP contribution in [0, 0.1) is 0 Å². The van der Waals surface area contributed by atoms with Gasteiger partial charge in [0.15, 0.2) is 6.54 Å². The van der Waals surface area contributed by atoms with Crippen molar-refractivity contribution in [2.24, 2.45) is 0 Å². The average molecular weight is 390 g/mol. The van der Waals surface area contributed by atoms with Crippen molar-refractivity contribution in [3.05, 3.63) is 65.2 Å². The molecule has 1 saturated heterocycles. The lowest BCUT2D eigenvalue weighted by Gasteiger charge is -2.29. The number of amides is 1. The van der Waals surface area contributed by atoms with Gasteiger partial charge in [0.05, 0.1) is 0 Å². The number of nitrogens with one attached hydrogen (secondary N) is 3. The first-order valence-corrected chi connectivity index (χ1v) is 9.93. The van der Waals surface area contributed by atoms with E-state index in [1.807, 2.05) is 54.6 Å². The number of hydrogen-bond donors (Lipinski definition) is 3. The van der Waals surface area contributed by atoms with Crippen LogP contribution in [0.1, 0.15) is 5.56 Å². The Balaban J connectivity index is 1.29. The number of carbonyl (C=O) groups excluding carboxylic acids is 1. The van der Waals surface area contributed by atoms with E-state index in [-0.39, 0.29) is 5.91 Å². The van der Waals surface area contributed by atoms with Gasteiger partial charge in [0.2, 0.25) is 0 Å². The van der Waals surface area contributed by atoms with Crippen LogP contribution in [0.25, 0.3) is 0 Å². The minimum absolute atomic E-state index is 0.107. The second-order valence-corrected chi connectivity index (χ2v) is 7.43. The highest BCUT2D eigenvalue weighted by Gasteiger charge is 2.24. The minimum atomic E-state index is 0.107. The van der Waals surface area contributed by atoms with Gasteiger partial charge in [0, 0.05) is 11.6 Å². The third-order valence-electron chi connectivity index (χ3n) is 4.95. The van der Waals surface area contributed by atoms with Gasteiger partial charge in [0.1, 0.15) is 45.1 Å². The third kappa shape index (κ3) is 6.86. The second kappa shape index (κ2) is 10.3. The molecule has 6 heteroatoms. The zero-order valence-corrected chi connectivity index (χ0v) is 16.3. The third-order valence-corrected chi connectivity index (χ3v) is 5.20. The zero-order chi connectivity index (χ0) is 18.9. The van der Waals surface area contributed by atoms with Crippen LogP contribution in [0.4, 0.5) is 0 Å². The summed E-state index contributed by atoms with van der Waals surface area (Å²) in [5.41, 5.74) is 1.07. The van der Waals surface area contributed by atoms with Crippen molar-refractivity contribution >= 4 is 17.5 Å². The Bertz CT molecular complexity index is 701. The van der Waals surface area contributed by atoms with E-state index in [2.05, 4.69) is 5.32 Å². The zero-order valence-electron chi connectivity index (χ0n) is 15.5. The molecule has 1 aliphatic rings. The molecule has 2 aromatic rings. The second-order valence-electron chi connectivity index (χ2n) is 6.99. The Labute approximate surface area is 165 Å². The average Bonchev–Trinajstić information content (AvgIpc) is 2.70. The van der Waals surface area contributed by atoms with Crippen molar-refractivity contribution in [2.75, 3.05) is 45.9 Å². The Morgan fingerprint density at radius 3 is 2.33 bits per heavy atom. The maximum absolute atomic E-state index is 12.2. The molecule has 0 aliphatic carbocycles. The van der Waals surface area contributed by atoms with E-state index in [0.717, 1.165) is 50.6 Å². The van der Waals surface area contributed by atoms with Crippen molar-refractivity contribution in [2.45, 2.75) is 6.54 Å². The number of rotatable bonds is 8. The summed E-state index contributed by atoms with van der Waals surface area (Å²) in [6, 6.07) is 17.5. The number of benzene rings is 2. The Hall–Kier alpha value is -2.08. The molecule has 1 amide bonds. The molecule has 1 aliphatic heterocycles. The smallest absolute Gasteiger partial charge is 0.275 e. The fourth-order valence-corrected chi connectivity index (χ4v) is 3.43. The number of piperazine rings is 1. The quantitative estimate of drug-likeness (QED) is 0.586. The highest BCUT2D eigenvalue weighted by Crippen LogP contribution is 2.09. The maximum atomic E-state index is 12.2.